The number of benzene rings is 10. The Morgan fingerprint density at radius 2 is 0.785 bits per heavy atom. The van der Waals surface area contributed by atoms with Crippen LogP contribution in [0.5, 0.6) is 0 Å². The summed E-state index contributed by atoms with van der Waals surface area (Å²) in [7, 11) is 0. The van der Waals surface area contributed by atoms with Crippen LogP contribution < -0.4 is 0 Å². The first-order chi connectivity index (χ1) is 32.2. The van der Waals surface area contributed by atoms with Crippen molar-refractivity contribution >= 4 is 49.3 Å². The van der Waals surface area contributed by atoms with E-state index in [9.17, 15) is 0 Å². The number of para-hydroxylation sites is 2. The van der Waals surface area contributed by atoms with Crippen molar-refractivity contribution in [3.8, 4) is 44.8 Å². The summed E-state index contributed by atoms with van der Waals surface area (Å²) in [6, 6.07) is 86.1. The number of aromatic nitrogens is 2. The Labute approximate surface area is 377 Å². The Hall–Kier alpha value is -8.71. The van der Waals surface area contributed by atoms with Crippen molar-refractivity contribution in [3.05, 3.63) is 270 Å². The van der Waals surface area contributed by atoms with Crippen LogP contribution >= 0.6 is 0 Å². The van der Waals surface area contributed by atoms with E-state index in [1.165, 1.54) is 88.2 Å². The second-order valence-corrected chi connectivity index (χ2v) is 17.1. The molecule has 1 aliphatic carbocycles. The van der Waals surface area contributed by atoms with E-state index < -0.39 is 5.41 Å². The van der Waals surface area contributed by atoms with E-state index in [0.717, 1.165) is 22.4 Å². The minimum atomic E-state index is -0.484. The van der Waals surface area contributed by atoms with E-state index >= 15 is 0 Å². The maximum absolute atomic E-state index is 7.45. The molecular weight excluding hydrogens is 787 g/mol. The molecule has 0 atom stereocenters. The van der Waals surface area contributed by atoms with Gasteiger partial charge in [-0.15, -0.1) is 0 Å². The molecule has 0 N–H and O–H groups in total. The van der Waals surface area contributed by atoms with E-state index in [0.29, 0.717) is 5.69 Å². The van der Waals surface area contributed by atoms with Gasteiger partial charge in [-0.3, -0.25) is 0 Å². The average molecular weight is 826 g/mol. The molecule has 0 bridgehead atoms. The van der Waals surface area contributed by atoms with Crippen LogP contribution in [0.25, 0.3) is 93.2 Å². The lowest BCUT2D eigenvalue weighted by atomic mass is 9.66. The largest absolute Gasteiger partial charge is 0.309 e. The van der Waals surface area contributed by atoms with Crippen molar-refractivity contribution in [3.63, 3.8) is 0 Å². The van der Waals surface area contributed by atoms with E-state index in [2.05, 4.69) is 226 Å². The van der Waals surface area contributed by atoms with Crippen LogP contribution in [-0.4, -0.2) is 9.13 Å². The van der Waals surface area contributed by atoms with Crippen LogP contribution in [0.3, 0.4) is 0 Å². The quantitative estimate of drug-likeness (QED) is 0.148. The third-order valence-electron chi connectivity index (χ3n) is 13.8. The molecule has 302 valence electrons. The minimum absolute atomic E-state index is 0.484. The molecular formula is C62H39N3. The molecule has 12 aromatic rings. The van der Waals surface area contributed by atoms with Crippen LogP contribution in [0.1, 0.15) is 22.3 Å². The minimum Gasteiger partial charge on any atom is -0.309 e. The molecule has 10 aromatic carbocycles. The van der Waals surface area contributed by atoms with Gasteiger partial charge in [-0.05, 0) is 116 Å². The molecule has 2 heterocycles. The maximum Gasteiger partial charge on any atom is 0.187 e. The van der Waals surface area contributed by atoms with Gasteiger partial charge < -0.3 is 9.13 Å². The molecule has 1 aliphatic rings. The summed E-state index contributed by atoms with van der Waals surface area (Å²) in [5.74, 6) is 0. The lowest BCUT2D eigenvalue weighted by molar-refractivity contribution is 0.770. The fourth-order valence-corrected chi connectivity index (χ4v) is 11.1. The molecule has 0 saturated heterocycles. The molecule has 0 saturated carbocycles. The molecule has 2 aromatic heterocycles. The molecule has 0 unspecified atom stereocenters. The zero-order chi connectivity index (χ0) is 43.1. The molecule has 65 heavy (non-hydrogen) atoms. The first kappa shape index (κ1) is 36.9. The van der Waals surface area contributed by atoms with E-state index in [1.807, 2.05) is 24.3 Å². The molecule has 0 amide bonds. The Bertz CT molecular complexity index is 3830. The highest BCUT2D eigenvalue weighted by Gasteiger charge is 2.47. The van der Waals surface area contributed by atoms with Crippen molar-refractivity contribution in [2.24, 2.45) is 0 Å². The summed E-state index contributed by atoms with van der Waals surface area (Å²) in [5.41, 5.74) is 19.5. The molecule has 0 fully saturated rings. The van der Waals surface area contributed by atoms with Gasteiger partial charge in [0.15, 0.2) is 5.69 Å². The van der Waals surface area contributed by atoms with Gasteiger partial charge in [-0.2, -0.15) is 0 Å². The Morgan fingerprint density at radius 3 is 1.35 bits per heavy atom. The Morgan fingerprint density at radius 1 is 0.338 bits per heavy atom. The van der Waals surface area contributed by atoms with Gasteiger partial charge in [-0.25, -0.2) is 4.85 Å². The zero-order valence-corrected chi connectivity index (χ0v) is 35.4. The number of hydrogen-bond acceptors (Lipinski definition) is 0. The second kappa shape index (κ2) is 14.4. The van der Waals surface area contributed by atoms with E-state index in [4.69, 9.17) is 6.57 Å². The van der Waals surface area contributed by atoms with Crippen molar-refractivity contribution in [2.45, 2.75) is 5.41 Å². The smallest absolute Gasteiger partial charge is 0.187 e. The lowest BCUT2D eigenvalue weighted by Crippen LogP contribution is -2.29. The Kier molecular flexibility index (Phi) is 8.19. The van der Waals surface area contributed by atoms with Crippen LogP contribution in [0.2, 0.25) is 0 Å². The topological polar surface area (TPSA) is 14.2 Å². The zero-order valence-electron chi connectivity index (χ0n) is 35.4. The second-order valence-electron chi connectivity index (χ2n) is 17.1. The number of fused-ring (bicyclic) bond motifs is 9. The molecule has 13 rings (SSSR count). The van der Waals surface area contributed by atoms with Crippen LogP contribution in [0, 0.1) is 6.57 Å². The van der Waals surface area contributed by atoms with Gasteiger partial charge in [0.1, 0.15) is 0 Å². The predicted octanol–water partition coefficient (Wildman–Crippen LogP) is 16.1. The van der Waals surface area contributed by atoms with Gasteiger partial charge in [0.05, 0.1) is 34.1 Å². The van der Waals surface area contributed by atoms with Crippen LogP contribution in [0.4, 0.5) is 5.69 Å². The third kappa shape index (κ3) is 5.41. The van der Waals surface area contributed by atoms with Crippen LogP contribution in [-0.2, 0) is 5.41 Å². The Balaban J connectivity index is 0.935. The maximum atomic E-state index is 7.45. The fourth-order valence-electron chi connectivity index (χ4n) is 11.1. The van der Waals surface area contributed by atoms with E-state index in [1.54, 1.807) is 0 Å². The fraction of sp³-hybridized carbons (Fsp3) is 0.0161. The molecule has 0 spiro atoms. The normalized spacial score (nSPS) is 12.7. The van der Waals surface area contributed by atoms with Gasteiger partial charge >= 0.3 is 0 Å². The number of hydrogen-bond donors (Lipinski definition) is 0. The first-order valence-corrected chi connectivity index (χ1v) is 22.2. The summed E-state index contributed by atoms with van der Waals surface area (Å²) in [5, 5.41) is 4.85. The summed E-state index contributed by atoms with van der Waals surface area (Å²) >= 11 is 0. The van der Waals surface area contributed by atoms with Crippen LogP contribution in [0.15, 0.2) is 237 Å². The molecule has 0 radical (unpaired) electrons. The van der Waals surface area contributed by atoms with E-state index in [-0.39, 0.29) is 0 Å². The van der Waals surface area contributed by atoms with Crippen molar-refractivity contribution in [1.82, 2.24) is 9.13 Å². The number of nitrogens with zero attached hydrogens (tertiary/aromatic N) is 3. The predicted molar refractivity (Wildman–Crippen MR) is 270 cm³/mol. The SMILES string of the molecule is [C-]#[N+]c1ccc(-n2c3ccccc3c3cc(-c4ccc5c(c4)c4ccccc4n5-c4ccc(-c5cccc6c5C(c5ccccc5)(c5ccccc5)c5ccccc5-6)cc4)ccc32)cc1. The van der Waals surface area contributed by atoms with Gasteiger partial charge in [0, 0.05) is 32.9 Å². The van der Waals surface area contributed by atoms with Crippen molar-refractivity contribution in [1.29, 1.82) is 0 Å². The van der Waals surface area contributed by atoms with Gasteiger partial charge in [0.25, 0.3) is 0 Å². The molecule has 3 heteroatoms. The summed E-state index contributed by atoms with van der Waals surface area (Å²) in [4.78, 5) is 3.61. The molecule has 3 nitrogen and oxygen atoms in total. The monoisotopic (exact) mass is 825 g/mol. The molecule has 0 aliphatic heterocycles. The van der Waals surface area contributed by atoms with Gasteiger partial charge in [0.2, 0.25) is 0 Å². The highest BCUT2D eigenvalue weighted by molar-refractivity contribution is 6.13. The first-order valence-electron chi connectivity index (χ1n) is 22.2. The summed E-state index contributed by atoms with van der Waals surface area (Å²) in [6.07, 6.45) is 0. The summed E-state index contributed by atoms with van der Waals surface area (Å²) in [6.45, 7) is 7.45. The van der Waals surface area contributed by atoms with Crippen molar-refractivity contribution in [2.75, 3.05) is 0 Å². The third-order valence-corrected chi connectivity index (χ3v) is 13.8. The highest BCUT2D eigenvalue weighted by atomic mass is 15.0. The highest BCUT2D eigenvalue weighted by Crippen LogP contribution is 2.58. The standard InChI is InChI=1S/C62H39N3/c1-63-46-31-35-48(36-32-46)65-58-26-13-10-21-52(58)55-40-43(30-38-60(55)65)42-29-37-59-54(39-42)51-20-9-12-25-57(51)64(59)47-33-27-41(28-34-47)49-22-14-23-53-50-19-8-11-24-56(50)62(61(49)53,44-15-4-2-5-16-44)45-17-6-3-7-18-45/h2-40H. The summed E-state index contributed by atoms with van der Waals surface area (Å²) < 4.78 is 4.72. The lowest BCUT2D eigenvalue weighted by Gasteiger charge is -2.35. The number of rotatable bonds is 6. The van der Waals surface area contributed by atoms with Gasteiger partial charge in [-0.1, -0.05) is 176 Å². The average Bonchev–Trinajstić information content (AvgIpc) is 4.01. The van der Waals surface area contributed by atoms with Crippen molar-refractivity contribution < 1.29 is 0 Å².